The van der Waals surface area contributed by atoms with Gasteiger partial charge in [-0.1, -0.05) is 5.16 Å². The molecule has 0 unspecified atom stereocenters. The maximum Gasteiger partial charge on any atom is 0.225 e. The summed E-state index contributed by atoms with van der Waals surface area (Å²) in [6.07, 6.45) is 3.70. The fourth-order valence-electron chi connectivity index (χ4n) is 4.55. The first kappa shape index (κ1) is 20.3. The van der Waals surface area contributed by atoms with E-state index < -0.39 is 0 Å². The average molecular weight is 442 g/mol. The maximum absolute atomic E-state index is 13.4. The number of benzene rings is 1. The Kier molecular flexibility index (Phi) is 5.58. The Morgan fingerprint density at radius 2 is 2.13 bits per heavy atom. The van der Waals surface area contributed by atoms with Gasteiger partial charge in [0.25, 0.3) is 0 Å². The molecule has 2 aliphatic heterocycles. The van der Waals surface area contributed by atoms with Gasteiger partial charge in [0.2, 0.25) is 5.91 Å². The van der Waals surface area contributed by atoms with Crippen molar-refractivity contribution in [1.29, 1.82) is 0 Å². The van der Waals surface area contributed by atoms with Crippen LogP contribution in [0, 0.1) is 5.82 Å². The van der Waals surface area contributed by atoms with E-state index in [1.807, 2.05) is 6.07 Å². The Labute approximate surface area is 183 Å². The fraction of sp³-hybridized carbons (Fsp3) is 0.435. The first-order chi connectivity index (χ1) is 15.1. The number of Topliss-reactive ketones (excluding diaryl/α,β-unsaturated/α-hetero) is 1. The van der Waals surface area contributed by atoms with Crippen LogP contribution in [0.2, 0.25) is 0 Å². The highest BCUT2D eigenvalue weighted by molar-refractivity contribution is 7.14. The van der Waals surface area contributed by atoms with Gasteiger partial charge in [-0.05, 0) is 62.7 Å². The molecule has 0 spiro atoms. The quantitative estimate of drug-likeness (QED) is 0.585. The largest absolute Gasteiger partial charge is 0.356 e. The summed E-state index contributed by atoms with van der Waals surface area (Å²) in [5, 5.41) is 7.94. The average Bonchev–Trinajstić information content (AvgIpc) is 3.37. The molecule has 6 nitrogen and oxygen atoms in total. The van der Waals surface area contributed by atoms with Crippen LogP contribution < -0.4 is 5.32 Å². The maximum atomic E-state index is 13.4. The normalized spacial score (nSPS) is 17.6. The smallest absolute Gasteiger partial charge is 0.225 e. The molecule has 3 aromatic rings. The summed E-state index contributed by atoms with van der Waals surface area (Å²) < 4.78 is 18.7. The minimum Gasteiger partial charge on any atom is -0.356 e. The Morgan fingerprint density at radius 3 is 2.97 bits per heavy atom. The third kappa shape index (κ3) is 4.27. The summed E-state index contributed by atoms with van der Waals surface area (Å²) in [6.45, 7) is 3.34. The number of thiophene rings is 1. The van der Waals surface area contributed by atoms with Gasteiger partial charge < -0.3 is 14.7 Å². The highest BCUT2D eigenvalue weighted by Crippen LogP contribution is 2.33. The molecule has 1 N–H and O–H groups in total. The van der Waals surface area contributed by atoms with Crippen LogP contribution in [-0.4, -0.2) is 41.4 Å². The molecule has 162 valence electrons. The number of halogens is 1. The Balaban J connectivity index is 1.10. The van der Waals surface area contributed by atoms with Crippen molar-refractivity contribution in [2.45, 2.75) is 44.6 Å². The molecule has 4 heterocycles. The number of carbonyl (C=O) groups excluding carboxylic acids is 2. The topological polar surface area (TPSA) is 75.4 Å². The van der Waals surface area contributed by atoms with Gasteiger partial charge in [-0.25, -0.2) is 4.39 Å². The summed E-state index contributed by atoms with van der Waals surface area (Å²) >= 11 is 1.47. The van der Waals surface area contributed by atoms with Crippen LogP contribution >= 0.6 is 11.3 Å². The standard InChI is InChI=1S/C23H24FN3O3S/c24-16-3-4-17-19(11-16)30-26-23(17)14-5-8-27(9-6-14)7-1-2-18(28)21-10-15-13-25-22(29)12-20(15)31-21/h3-4,10-11,14H,1-2,5-9,12-13H2,(H,25,29). The molecular weight excluding hydrogens is 417 g/mol. The van der Waals surface area contributed by atoms with Crippen LogP contribution in [0.3, 0.4) is 0 Å². The predicted molar refractivity (Wildman–Crippen MR) is 116 cm³/mol. The van der Waals surface area contributed by atoms with Crippen LogP contribution in [0.15, 0.2) is 28.8 Å². The van der Waals surface area contributed by atoms with Gasteiger partial charge in [0.05, 0.1) is 17.0 Å². The molecule has 2 aliphatic rings. The van der Waals surface area contributed by atoms with Gasteiger partial charge in [0.1, 0.15) is 5.82 Å². The number of aromatic nitrogens is 1. The number of nitrogens with one attached hydrogen (secondary N) is 1. The van der Waals surface area contributed by atoms with Crippen molar-refractivity contribution >= 4 is 34.0 Å². The number of nitrogens with zero attached hydrogens (tertiary/aromatic N) is 2. The minimum atomic E-state index is -0.313. The van der Waals surface area contributed by atoms with Gasteiger partial charge in [0.15, 0.2) is 11.4 Å². The van der Waals surface area contributed by atoms with Crippen molar-refractivity contribution in [2.24, 2.45) is 0 Å². The molecule has 0 bridgehead atoms. The van der Waals surface area contributed by atoms with E-state index in [-0.39, 0.29) is 17.5 Å². The first-order valence-corrected chi connectivity index (χ1v) is 11.6. The Hall–Kier alpha value is -2.58. The van der Waals surface area contributed by atoms with E-state index in [1.54, 1.807) is 6.07 Å². The first-order valence-electron chi connectivity index (χ1n) is 10.8. The highest BCUT2D eigenvalue weighted by Gasteiger charge is 2.25. The molecular formula is C23H24FN3O3S. The summed E-state index contributed by atoms with van der Waals surface area (Å²) in [5.41, 5.74) is 2.52. The Morgan fingerprint density at radius 1 is 1.29 bits per heavy atom. The van der Waals surface area contributed by atoms with Gasteiger partial charge in [-0.3, -0.25) is 9.59 Å². The second kappa shape index (κ2) is 8.51. The number of likely N-dealkylation sites (tertiary alicyclic amines) is 1. The van der Waals surface area contributed by atoms with Crippen LogP contribution in [0.5, 0.6) is 0 Å². The van der Waals surface area contributed by atoms with Crippen LogP contribution in [-0.2, 0) is 17.8 Å². The number of carbonyl (C=O) groups is 2. The van der Waals surface area contributed by atoms with E-state index >= 15 is 0 Å². The molecule has 1 fully saturated rings. The van der Waals surface area contributed by atoms with Crippen LogP contribution in [0.25, 0.3) is 11.0 Å². The van der Waals surface area contributed by atoms with E-state index in [0.717, 1.165) is 65.3 Å². The van der Waals surface area contributed by atoms with E-state index in [9.17, 15) is 14.0 Å². The van der Waals surface area contributed by atoms with Crippen molar-refractivity contribution in [1.82, 2.24) is 15.4 Å². The lowest BCUT2D eigenvalue weighted by molar-refractivity contribution is -0.120. The molecule has 0 aliphatic carbocycles. The second-order valence-electron chi connectivity index (χ2n) is 8.36. The van der Waals surface area contributed by atoms with E-state index in [0.29, 0.717) is 30.9 Å². The molecule has 8 heteroatoms. The van der Waals surface area contributed by atoms with Crippen molar-refractivity contribution in [3.63, 3.8) is 0 Å². The molecule has 1 saturated heterocycles. The summed E-state index contributed by atoms with van der Waals surface area (Å²) in [7, 11) is 0. The number of rotatable bonds is 6. The second-order valence-corrected chi connectivity index (χ2v) is 9.50. The monoisotopic (exact) mass is 441 g/mol. The SMILES string of the molecule is O=C1Cc2sc(C(=O)CCCN3CCC(c4noc5cc(F)ccc45)CC3)cc2CN1. The molecule has 0 atom stereocenters. The lowest BCUT2D eigenvalue weighted by Gasteiger charge is -2.31. The zero-order valence-corrected chi connectivity index (χ0v) is 18.0. The van der Waals surface area contributed by atoms with Crippen molar-refractivity contribution in [3.05, 3.63) is 51.1 Å². The number of fused-ring (bicyclic) bond motifs is 2. The zero-order valence-electron chi connectivity index (χ0n) is 17.2. The molecule has 0 radical (unpaired) electrons. The molecule has 0 saturated carbocycles. The molecule has 1 amide bonds. The lowest BCUT2D eigenvalue weighted by atomic mass is 9.91. The van der Waals surface area contributed by atoms with Crippen LogP contribution in [0.1, 0.15) is 57.4 Å². The van der Waals surface area contributed by atoms with E-state index in [2.05, 4.69) is 15.4 Å². The number of hydrogen-bond acceptors (Lipinski definition) is 6. The van der Waals surface area contributed by atoms with Gasteiger partial charge >= 0.3 is 0 Å². The number of piperidine rings is 1. The minimum absolute atomic E-state index is 0.0301. The van der Waals surface area contributed by atoms with E-state index in [4.69, 9.17) is 4.52 Å². The van der Waals surface area contributed by atoms with E-state index in [1.165, 1.54) is 23.5 Å². The third-order valence-electron chi connectivity index (χ3n) is 6.28. The molecule has 31 heavy (non-hydrogen) atoms. The van der Waals surface area contributed by atoms with Gasteiger partial charge in [0, 0.05) is 35.2 Å². The molecule has 1 aromatic carbocycles. The Bertz CT molecular complexity index is 1130. The summed E-state index contributed by atoms with van der Waals surface area (Å²) in [6, 6.07) is 6.54. The zero-order chi connectivity index (χ0) is 21.4. The lowest BCUT2D eigenvalue weighted by Crippen LogP contribution is -2.34. The molecule has 2 aromatic heterocycles. The van der Waals surface area contributed by atoms with Crippen molar-refractivity contribution in [2.75, 3.05) is 19.6 Å². The van der Waals surface area contributed by atoms with Crippen LogP contribution in [0.4, 0.5) is 4.39 Å². The predicted octanol–water partition coefficient (Wildman–Crippen LogP) is 4.04. The molecule has 5 rings (SSSR count). The number of ketones is 1. The summed E-state index contributed by atoms with van der Waals surface area (Å²) in [5.74, 6) is 0.205. The number of hydrogen-bond donors (Lipinski definition) is 1. The highest BCUT2D eigenvalue weighted by atomic mass is 32.1. The van der Waals surface area contributed by atoms with Gasteiger partial charge in [-0.2, -0.15) is 0 Å². The number of amides is 1. The third-order valence-corrected chi connectivity index (χ3v) is 7.50. The van der Waals surface area contributed by atoms with Crippen molar-refractivity contribution < 1.29 is 18.5 Å². The van der Waals surface area contributed by atoms with Gasteiger partial charge in [-0.15, -0.1) is 11.3 Å². The summed E-state index contributed by atoms with van der Waals surface area (Å²) in [4.78, 5) is 28.3. The van der Waals surface area contributed by atoms with Crippen molar-refractivity contribution in [3.8, 4) is 0 Å². The fourth-order valence-corrected chi connectivity index (χ4v) is 5.69.